The summed E-state index contributed by atoms with van der Waals surface area (Å²) in [5.74, 6) is 7.94. The molecule has 3 rings (SSSR count). The van der Waals surface area contributed by atoms with Gasteiger partial charge in [0.15, 0.2) is 5.82 Å². The van der Waals surface area contributed by atoms with Crippen LogP contribution in [-0.2, 0) is 4.79 Å². The Balaban J connectivity index is 1.64. The van der Waals surface area contributed by atoms with Crippen molar-refractivity contribution in [1.29, 1.82) is 0 Å². The molecule has 1 heterocycles. The van der Waals surface area contributed by atoms with E-state index in [-0.39, 0.29) is 11.2 Å². The number of carbonyl (C=O) groups is 1. The molecular weight excluding hydrogens is 362 g/mol. The van der Waals surface area contributed by atoms with E-state index in [2.05, 4.69) is 15.5 Å². The summed E-state index contributed by atoms with van der Waals surface area (Å²) < 4.78 is 7.11. The number of aromatic nitrogens is 3. The van der Waals surface area contributed by atoms with Gasteiger partial charge in [0.25, 0.3) is 0 Å². The summed E-state index contributed by atoms with van der Waals surface area (Å²) in [6.07, 6.45) is 5.89. The Hall–Kier alpha value is -2.22. The van der Waals surface area contributed by atoms with Crippen molar-refractivity contribution in [2.45, 2.75) is 62.3 Å². The Bertz CT molecular complexity index is 773. The minimum Gasteiger partial charge on any atom is -0.492 e. The topological polar surface area (TPSA) is 95.1 Å². The maximum absolute atomic E-state index is 12.6. The summed E-state index contributed by atoms with van der Waals surface area (Å²) >= 11 is 1.31. The monoisotopic (exact) mass is 389 g/mol. The third kappa shape index (κ3) is 4.74. The lowest BCUT2D eigenvalue weighted by Gasteiger charge is -2.20. The van der Waals surface area contributed by atoms with Crippen LogP contribution in [0.15, 0.2) is 29.4 Å². The molecule has 0 saturated heterocycles. The van der Waals surface area contributed by atoms with Crippen molar-refractivity contribution in [2.24, 2.45) is 0 Å². The molecule has 1 aromatic carbocycles. The normalized spacial score (nSPS) is 16.1. The molecule has 3 N–H and O–H groups in total. The fraction of sp³-hybridized carbons (Fsp3) is 0.526. The molecule has 8 heteroatoms. The molecule has 1 saturated carbocycles. The fourth-order valence-electron chi connectivity index (χ4n) is 3.31. The number of hydrogen-bond acceptors (Lipinski definition) is 6. The van der Waals surface area contributed by atoms with Crippen LogP contribution in [0.25, 0.3) is 0 Å². The lowest BCUT2D eigenvalue weighted by molar-refractivity contribution is -0.115. The number of amides is 1. The number of nitrogens with two attached hydrogens (primary N) is 1. The maximum Gasteiger partial charge on any atom is 0.237 e. The molecule has 0 unspecified atom stereocenters. The zero-order chi connectivity index (χ0) is 19.2. The predicted molar refractivity (Wildman–Crippen MR) is 108 cm³/mol. The van der Waals surface area contributed by atoms with Gasteiger partial charge in [-0.3, -0.25) is 4.79 Å². The van der Waals surface area contributed by atoms with Crippen LogP contribution < -0.4 is 15.9 Å². The number of nitrogen functional groups attached to an aromatic ring is 1. The minimum absolute atomic E-state index is 0.130. The predicted octanol–water partition coefficient (Wildman–Crippen LogP) is 3.56. The van der Waals surface area contributed by atoms with E-state index in [1.807, 2.05) is 38.1 Å². The number of para-hydroxylation sites is 2. The van der Waals surface area contributed by atoms with E-state index >= 15 is 0 Å². The van der Waals surface area contributed by atoms with Crippen molar-refractivity contribution >= 4 is 23.4 Å². The van der Waals surface area contributed by atoms with Crippen molar-refractivity contribution < 1.29 is 9.53 Å². The van der Waals surface area contributed by atoms with Crippen LogP contribution >= 0.6 is 11.8 Å². The molecular formula is C19H27N5O2S. The smallest absolute Gasteiger partial charge is 0.237 e. The number of nitrogens with zero attached hydrogens (tertiary/aromatic N) is 3. The van der Waals surface area contributed by atoms with Crippen LogP contribution in [0.3, 0.4) is 0 Å². The highest BCUT2D eigenvalue weighted by Gasteiger charge is 2.25. The Morgan fingerprint density at radius 2 is 2.07 bits per heavy atom. The van der Waals surface area contributed by atoms with Crippen LogP contribution in [0.1, 0.15) is 57.7 Å². The minimum atomic E-state index is -0.370. The highest BCUT2D eigenvalue weighted by Crippen LogP contribution is 2.33. The van der Waals surface area contributed by atoms with Gasteiger partial charge in [-0.15, -0.1) is 10.2 Å². The first kappa shape index (κ1) is 19.5. The van der Waals surface area contributed by atoms with Crippen molar-refractivity contribution in [3.05, 3.63) is 30.1 Å². The summed E-state index contributed by atoms with van der Waals surface area (Å²) in [6.45, 7) is 4.28. The summed E-state index contributed by atoms with van der Waals surface area (Å²) in [5, 5.41) is 11.6. The Labute approximate surface area is 164 Å². The van der Waals surface area contributed by atoms with Gasteiger partial charge in [0.05, 0.1) is 17.5 Å². The van der Waals surface area contributed by atoms with Gasteiger partial charge in [-0.05, 0) is 38.8 Å². The molecule has 1 amide bonds. The molecule has 1 aliphatic rings. The van der Waals surface area contributed by atoms with Gasteiger partial charge in [-0.25, -0.2) is 4.68 Å². The van der Waals surface area contributed by atoms with Crippen LogP contribution in [0, 0.1) is 0 Å². The van der Waals surface area contributed by atoms with Crippen molar-refractivity contribution in [3.63, 3.8) is 0 Å². The number of benzene rings is 1. The lowest BCUT2D eigenvalue weighted by Crippen LogP contribution is -2.24. The second-order valence-electron chi connectivity index (χ2n) is 6.72. The molecule has 146 valence electrons. The second kappa shape index (κ2) is 9.12. The average Bonchev–Trinajstić information content (AvgIpc) is 3.04. The van der Waals surface area contributed by atoms with Gasteiger partial charge >= 0.3 is 0 Å². The quantitative estimate of drug-likeness (QED) is 0.555. The number of anilines is 1. The third-order valence-electron chi connectivity index (χ3n) is 4.76. The van der Waals surface area contributed by atoms with Gasteiger partial charge in [-0.2, -0.15) is 0 Å². The maximum atomic E-state index is 12.6. The van der Waals surface area contributed by atoms with Gasteiger partial charge in [0.1, 0.15) is 5.75 Å². The number of ether oxygens (including phenoxy) is 1. The zero-order valence-electron chi connectivity index (χ0n) is 15.9. The van der Waals surface area contributed by atoms with E-state index in [0.717, 1.165) is 18.7 Å². The third-order valence-corrected chi connectivity index (χ3v) is 5.81. The molecule has 0 spiro atoms. The summed E-state index contributed by atoms with van der Waals surface area (Å²) in [7, 11) is 0. The molecule has 7 nitrogen and oxygen atoms in total. The highest BCUT2D eigenvalue weighted by molar-refractivity contribution is 8.00. The number of nitrogens with one attached hydrogen (secondary N) is 1. The molecule has 0 bridgehead atoms. The van der Waals surface area contributed by atoms with Crippen molar-refractivity contribution in [1.82, 2.24) is 14.9 Å². The summed E-state index contributed by atoms with van der Waals surface area (Å²) in [5.41, 5.74) is 0.661. The number of rotatable bonds is 7. The van der Waals surface area contributed by atoms with Gasteiger partial charge in [0.2, 0.25) is 11.1 Å². The molecule has 1 atom stereocenters. The standard InChI is InChI=1S/C19H27N5O2S/c1-3-26-16-12-8-7-11-15(16)21-18(25)13(2)27-19-23-22-17(24(19)20)14-9-5-4-6-10-14/h7-8,11-14H,3-6,9-10,20H2,1-2H3,(H,21,25)/t13-/m0/s1. The molecule has 2 aromatic rings. The van der Waals surface area contributed by atoms with Gasteiger partial charge in [-0.1, -0.05) is 43.2 Å². The highest BCUT2D eigenvalue weighted by atomic mass is 32.2. The van der Waals surface area contributed by atoms with Crippen LogP contribution in [0.5, 0.6) is 5.75 Å². The Kier molecular flexibility index (Phi) is 6.60. The van der Waals surface area contributed by atoms with E-state index in [4.69, 9.17) is 10.6 Å². The van der Waals surface area contributed by atoms with Gasteiger partial charge in [0, 0.05) is 5.92 Å². The largest absolute Gasteiger partial charge is 0.492 e. The Morgan fingerprint density at radius 1 is 1.33 bits per heavy atom. The molecule has 0 radical (unpaired) electrons. The molecule has 1 fully saturated rings. The number of carbonyl (C=O) groups excluding carboxylic acids is 1. The van der Waals surface area contributed by atoms with Crippen LogP contribution in [-0.4, -0.2) is 32.6 Å². The molecule has 0 aliphatic heterocycles. The summed E-state index contributed by atoms with van der Waals surface area (Å²) in [6, 6.07) is 7.40. The first-order chi connectivity index (χ1) is 13.1. The summed E-state index contributed by atoms with van der Waals surface area (Å²) in [4.78, 5) is 12.6. The van der Waals surface area contributed by atoms with E-state index in [9.17, 15) is 4.79 Å². The SMILES string of the molecule is CCOc1ccccc1NC(=O)[C@H](C)Sc1nnc(C2CCCCC2)n1N. The number of thioether (sulfide) groups is 1. The van der Waals surface area contributed by atoms with E-state index in [1.165, 1.54) is 31.0 Å². The number of hydrogen-bond donors (Lipinski definition) is 2. The molecule has 1 aliphatic carbocycles. The second-order valence-corrected chi connectivity index (χ2v) is 8.03. The van der Waals surface area contributed by atoms with E-state index < -0.39 is 0 Å². The zero-order valence-corrected chi connectivity index (χ0v) is 16.7. The van der Waals surface area contributed by atoms with Crippen molar-refractivity contribution in [3.8, 4) is 5.75 Å². The van der Waals surface area contributed by atoms with Crippen LogP contribution in [0.2, 0.25) is 0 Å². The van der Waals surface area contributed by atoms with Gasteiger partial charge < -0.3 is 15.9 Å². The van der Waals surface area contributed by atoms with Crippen LogP contribution in [0.4, 0.5) is 5.69 Å². The molecule has 27 heavy (non-hydrogen) atoms. The lowest BCUT2D eigenvalue weighted by atomic mass is 9.89. The van der Waals surface area contributed by atoms with Crippen molar-refractivity contribution in [2.75, 3.05) is 17.8 Å². The Morgan fingerprint density at radius 3 is 2.81 bits per heavy atom. The fourth-order valence-corrected chi connectivity index (χ4v) is 4.08. The first-order valence-corrected chi connectivity index (χ1v) is 10.4. The van der Waals surface area contributed by atoms with E-state index in [1.54, 1.807) is 4.68 Å². The first-order valence-electron chi connectivity index (χ1n) is 9.50. The average molecular weight is 390 g/mol. The van der Waals surface area contributed by atoms with E-state index in [0.29, 0.717) is 29.1 Å². The molecule has 1 aromatic heterocycles.